The molecule has 0 aliphatic carbocycles. The number of anilines is 1. The molecule has 0 bridgehead atoms. The van der Waals surface area contributed by atoms with Gasteiger partial charge in [-0.05, 0) is 12.1 Å². The van der Waals surface area contributed by atoms with Gasteiger partial charge >= 0.3 is 0 Å². The zero-order chi connectivity index (χ0) is 16.9. The fourth-order valence-electron chi connectivity index (χ4n) is 2.72. The number of imidazole rings is 1. The first-order chi connectivity index (χ1) is 11.4. The number of hydrogen-bond acceptors (Lipinski definition) is 5. The summed E-state index contributed by atoms with van der Waals surface area (Å²) in [5, 5.41) is 4.16. The van der Waals surface area contributed by atoms with Gasteiger partial charge in [-0.2, -0.15) is 5.10 Å². The molecule has 4 rings (SSSR count). The fourth-order valence-corrected chi connectivity index (χ4v) is 3.83. The normalized spacial score (nSPS) is 16.6. The molecule has 0 amide bonds. The van der Waals surface area contributed by atoms with Gasteiger partial charge in [0.15, 0.2) is 4.90 Å². The number of sulfonamides is 1. The first-order valence-electron chi connectivity index (χ1n) is 7.49. The van der Waals surface area contributed by atoms with E-state index in [-0.39, 0.29) is 16.2 Å². The van der Waals surface area contributed by atoms with Crippen molar-refractivity contribution >= 4 is 21.5 Å². The minimum Gasteiger partial charge on any atom is -0.476 e. The maximum absolute atomic E-state index is 12.8. The lowest BCUT2D eigenvalue weighted by Gasteiger charge is -2.30. The van der Waals surface area contributed by atoms with Crippen LogP contribution in [0.5, 0.6) is 5.88 Å². The molecule has 3 aromatic rings. The number of rotatable bonds is 3. The van der Waals surface area contributed by atoms with Crippen LogP contribution in [0.4, 0.5) is 5.82 Å². The molecule has 3 aromatic heterocycles. The van der Waals surface area contributed by atoms with E-state index in [1.54, 1.807) is 27.4 Å². The highest BCUT2D eigenvalue weighted by atomic mass is 32.2. The lowest BCUT2D eigenvalue weighted by atomic mass is 9.94. The third kappa shape index (κ3) is 2.41. The van der Waals surface area contributed by atoms with Crippen LogP contribution in [0.2, 0.25) is 0 Å². The second-order valence-electron chi connectivity index (χ2n) is 6.60. The molecule has 0 aromatic carbocycles. The maximum Gasteiger partial charge on any atom is 0.270 e. The molecule has 1 aliphatic rings. The van der Waals surface area contributed by atoms with Crippen molar-refractivity contribution in [3.05, 3.63) is 36.8 Å². The largest absolute Gasteiger partial charge is 0.476 e. The summed E-state index contributed by atoms with van der Waals surface area (Å²) in [6.07, 6.45) is 4.54. The summed E-state index contributed by atoms with van der Waals surface area (Å²) in [5.41, 5.74) is 0.569. The van der Waals surface area contributed by atoms with E-state index in [1.807, 2.05) is 19.9 Å². The summed E-state index contributed by atoms with van der Waals surface area (Å²) in [5.74, 6) is 0.636. The summed E-state index contributed by atoms with van der Waals surface area (Å²) in [6.45, 7) is 5.13. The maximum atomic E-state index is 12.8. The van der Waals surface area contributed by atoms with Crippen molar-refractivity contribution in [1.29, 1.82) is 0 Å². The second-order valence-corrected chi connectivity index (χ2v) is 8.25. The first kappa shape index (κ1) is 15.0. The molecule has 126 valence electrons. The number of pyridine rings is 1. The van der Waals surface area contributed by atoms with E-state index in [1.165, 1.54) is 12.4 Å². The lowest BCUT2D eigenvalue weighted by molar-refractivity contribution is 0.0971. The highest BCUT2D eigenvalue weighted by Crippen LogP contribution is 2.33. The Morgan fingerprint density at radius 2 is 2.12 bits per heavy atom. The smallest absolute Gasteiger partial charge is 0.270 e. The van der Waals surface area contributed by atoms with E-state index in [2.05, 4.69) is 14.8 Å². The van der Waals surface area contributed by atoms with Gasteiger partial charge in [-0.3, -0.25) is 9.12 Å². The quantitative estimate of drug-likeness (QED) is 0.779. The van der Waals surface area contributed by atoms with Crippen molar-refractivity contribution in [2.75, 3.05) is 11.3 Å². The van der Waals surface area contributed by atoms with Crippen LogP contribution in [0, 0.1) is 5.41 Å². The molecular formula is C15H17N5O3S. The molecule has 0 unspecified atom stereocenters. The van der Waals surface area contributed by atoms with Crippen LogP contribution in [0.25, 0.3) is 5.65 Å². The molecule has 0 radical (unpaired) electrons. The monoisotopic (exact) mass is 347 g/mol. The zero-order valence-electron chi connectivity index (χ0n) is 13.3. The highest BCUT2D eigenvalue weighted by Gasteiger charge is 2.33. The molecule has 4 heterocycles. The van der Waals surface area contributed by atoms with Crippen LogP contribution in [0.1, 0.15) is 13.8 Å². The predicted molar refractivity (Wildman–Crippen MR) is 87.5 cm³/mol. The van der Waals surface area contributed by atoms with E-state index in [0.29, 0.717) is 24.6 Å². The topological polar surface area (TPSA) is 90.5 Å². The van der Waals surface area contributed by atoms with E-state index < -0.39 is 10.0 Å². The molecule has 24 heavy (non-hydrogen) atoms. The van der Waals surface area contributed by atoms with Gasteiger partial charge in [0.1, 0.15) is 11.5 Å². The van der Waals surface area contributed by atoms with Crippen molar-refractivity contribution in [3.63, 3.8) is 0 Å². The van der Waals surface area contributed by atoms with Gasteiger partial charge in [-0.1, -0.05) is 19.9 Å². The Balaban J connectivity index is 1.71. The third-order valence-electron chi connectivity index (χ3n) is 3.88. The number of nitrogens with one attached hydrogen (secondary N) is 1. The molecule has 0 saturated carbocycles. The van der Waals surface area contributed by atoms with Crippen molar-refractivity contribution in [3.8, 4) is 5.88 Å². The number of nitrogens with zero attached hydrogens (tertiary/aromatic N) is 4. The fraction of sp³-hybridized carbons (Fsp3) is 0.333. The summed E-state index contributed by atoms with van der Waals surface area (Å²) >= 11 is 0. The Labute approximate surface area is 139 Å². The van der Waals surface area contributed by atoms with Gasteiger partial charge < -0.3 is 4.74 Å². The summed E-state index contributed by atoms with van der Waals surface area (Å²) in [4.78, 5) is 4.21. The molecule has 0 fully saturated rings. The van der Waals surface area contributed by atoms with Crippen LogP contribution in [0.15, 0.2) is 41.7 Å². The van der Waals surface area contributed by atoms with Crippen LogP contribution in [-0.2, 0) is 16.6 Å². The number of ether oxygens (including phenoxy) is 1. The van der Waals surface area contributed by atoms with E-state index in [4.69, 9.17) is 4.74 Å². The third-order valence-corrected chi connectivity index (χ3v) is 5.22. The molecule has 0 atom stereocenters. The molecule has 8 nitrogen and oxygen atoms in total. The summed E-state index contributed by atoms with van der Waals surface area (Å²) in [6, 6.07) is 5.44. The van der Waals surface area contributed by atoms with E-state index >= 15 is 0 Å². The first-order valence-corrected chi connectivity index (χ1v) is 8.98. The predicted octanol–water partition coefficient (Wildman–Crippen LogP) is 1.75. The van der Waals surface area contributed by atoms with Gasteiger partial charge in [0, 0.05) is 11.6 Å². The highest BCUT2D eigenvalue weighted by molar-refractivity contribution is 7.92. The van der Waals surface area contributed by atoms with Crippen molar-refractivity contribution in [2.45, 2.75) is 25.3 Å². The minimum absolute atomic E-state index is 0.0314. The van der Waals surface area contributed by atoms with Gasteiger partial charge in [0.05, 0.1) is 25.5 Å². The van der Waals surface area contributed by atoms with E-state index in [0.717, 1.165) is 0 Å². The van der Waals surface area contributed by atoms with Gasteiger partial charge in [0.2, 0.25) is 5.88 Å². The molecule has 1 N–H and O–H groups in total. The minimum atomic E-state index is -3.83. The molecular weight excluding hydrogens is 330 g/mol. The van der Waals surface area contributed by atoms with Crippen LogP contribution in [-0.4, -0.2) is 34.2 Å². The Hall–Kier alpha value is -2.55. The lowest BCUT2D eigenvalue weighted by Crippen LogP contribution is -2.33. The van der Waals surface area contributed by atoms with Crippen molar-refractivity contribution in [1.82, 2.24) is 19.2 Å². The second kappa shape index (κ2) is 4.97. The summed E-state index contributed by atoms with van der Waals surface area (Å²) in [7, 11) is -3.83. The number of hydrogen-bond donors (Lipinski definition) is 1. The van der Waals surface area contributed by atoms with E-state index in [9.17, 15) is 8.42 Å². The van der Waals surface area contributed by atoms with Crippen LogP contribution >= 0.6 is 0 Å². The molecule has 0 spiro atoms. The standard InChI is InChI=1S/C15H17N5O3S/c1-15(2)9-20-14(23-10-15)11(7-17-20)24(21,22)18-13-8-16-12-5-3-4-6-19(12)13/h3-8,18H,9-10H2,1-2H3. The van der Waals surface area contributed by atoms with Crippen LogP contribution < -0.4 is 9.46 Å². The van der Waals surface area contributed by atoms with Gasteiger partial charge in [-0.25, -0.2) is 18.1 Å². The summed E-state index contributed by atoms with van der Waals surface area (Å²) < 4.78 is 37.0. The average molecular weight is 347 g/mol. The molecule has 0 saturated heterocycles. The van der Waals surface area contributed by atoms with Gasteiger partial charge in [0.25, 0.3) is 10.0 Å². The average Bonchev–Trinajstić information content (AvgIpc) is 3.10. The SMILES string of the molecule is CC1(C)COc2c(S(=O)(=O)Nc3cnc4ccccn34)cnn2C1. The Morgan fingerprint density at radius 3 is 2.96 bits per heavy atom. The molecule has 9 heteroatoms. The zero-order valence-corrected chi connectivity index (χ0v) is 14.1. The van der Waals surface area contributed by atoms with Gasteiger partial charge in [-0.15, -0.1) is 0 Å². The van der Waals surface area contributed by atoms with Crippen molar-refractivity contribution in [2.24, 2.45) is 5.41 Å². The Morgan fingerprint density at radius 1 is 1.29 bits per heavy atom. The number of fused-ring (bicyclic) bond motifs is 2. The van der Waals surface area contributed by atoms with Crippen molar-refractivity contribution < 1.29 is 13.2 Å². The molecule has 1 aliphatic heterocycles. The number of aromatic nitrogens is 4. The Kier molecular flexibility index (Phi) is 3.11. The Bertz CT molecular complexity index is 1020. The van der Waals surface area contributed by atoms with Crippen LogP contribution in [0.3, 0.4) is 0 Å².